The summed E-state index contributed by atoms with van der Waals surface area (Å²) in [5.41, 5.74) is 3.66. The summed E-state index contributed by atoms with van der Waals surface area (Å²) in [4.78, 5) is 17.0. The van der Waals surface area contributed by atoms with E-state index in [1.807, 2.05) is 48.5 Å². The summed E-state index contributed by atoms with van der Waals surface area (Å²) in [6, 6.07) is 24.2. The molecule has 0 saturated heterocycles. The molecule has 0 fully saturated rings. The van der Waals surface area contributed by atoms with E-state index in [1.54, 1.807) is 36.4 Å². The van der Waals surface area contributed by atoms with Gasteiger partial charge in [0.1, 0.15) is 5.52 Å². The maximum absolute atomic E-state index is 12.3. The van der Waals surface area contributed by atoms with Crippen molar-refractivity contribution in [1.82, 2.24) is 4.98 Å². The van der Waals surface area contributed by atoms with E-state index >= 15 is 0 Å². The topological polar surface area (TPSA) is 55.1 Å². The van der Waals surface area contributed by atoms with Crippen molar-refractivity contribution in [2.75, 3.05) is 5.32 Å². The second-order valence-corrected chi connectivity index (χ2v) is 8.06. The number of aromatic nitrogens is 1. The first kappa shape index (κ1) is 20.3. The number of benzene rings is 4. The van der Waals surface area contributed by atoms with Crippen LogP contribution < -0.4 is 5.32 Å². The molecule has 5 aromatic rings. The third-order valence-corrected chi connectivity index (χ3v) is 5.63. The van der Waals surface area contributed by atoms with E-state index in [9.17, 15) is 4.79 Å². The first-order chi connectivity index (χ1) is 15.6. The number of oxazole rings is 1. The standard InChI is InChI=1S/C26H16Cl2N2O2/c27-17-10-7-16(8-11-17)9-14-25(31)29-18-12-13-24-23(15-18)30-26(32-24)21-5-1-4-20-19(21)3-2-6-22(20)28/h1-15H,(H,29,31)/b14-9+. The van der Waals surface area contributed by atoms with Gasteiger partial charge >= 0.3 is 0 Å². The average Bonchev–Trinajstić information content (AvgIpc) is 3.22. The van der Waals surface area contributed by atoms with Gasteiger partial charge in [-0.15, -0.1) is 0 Å². The molecular formula is C26H16Cl2N2O2. The summed E-state index contributed by atoms with van der Waals surface area (Å²) < 4.78 is 5.99. The van der Waals surface area contributed by atoms with Crippen molar-refractivity contribution >= 4 is 62.7 Å². The first-order valence-corrected chi connectivity index (χ1v) is 10.7. The van der Waals surface area contributed by atoms with Gasteiger partial charge in [-0.3, -0.25) is 4.79 Å². The predicted octanol–water partition coefficient (Wildman–Crippen LogP) is 7.61. The Morgan fingerprint density at radius 3 is 2.53 bits per heavy atom. The van der Waals surface area contributed by atoms with Crippen LogP contribution >= 0.6 is 23.2 Å². The third kappa shape index (κ3) is 4.11. The van der Waals surface area contributed by atoms with Crippen LogP contribution in [0.25, 0.3) is 39.4 Å². The molecule has 6 heteroatoms. The van der Waals surface area contributed by atoms with Crippen molar-refractivity contribution in [3.8, 4) is 11.5 Å². The number of halogens is 2. The monoisotopic (exact) mass is 458 g/mol. The lowest BCUT2D eigenvalue weighted by atomic mass is 10.0. The Balaban J connectivity index is 1.41. The molecule has 1 amide bonds. The van der Waals surface area contributed by atoms with Crippen molar-refractivity contribution < 1.29 is 9.21 Å². The zero-order valence-corrected chi connectivity index (χ0v) is 18.2. The molecule has 0 radical (unpaired) electrons. The molecule has 4 nitrogen and oxygen atoms in total. The molecule has 0 saturated carbocycles. The van der Waals surface area contributed by atoms with E-state index < -0.39 is 0 Å². The summed E-state index contributed by atoms with van der Waals surface area (Å²) in [5, 5.41) is 6.08. The van der Waals surface area contributed by atoms with Crippen LogP contribution in [-0.2, 0) is 4.79 Å². The Morgan fingerprint density at radius 1 is 0.906 bits per heavy atom. The van der Waals surface area contributed by atoms with E-state index in [2.05, 4.69) is 10.3 Å². The summed E-state index contributed by atoms with van der Waals surface area (Å²) >= 11 is 12.2. The number of nitrogens with zero attached hydrogens (tertiary/aromatic N) is 1. The maximum atomic E-state index is 12.3. The van der Waals surface area contributed by atoms with E-state index in [4.69, 9.17) is 27.6 Å². The minimum atomic E-state index is -0.244. The molecule has 1 aromatic heterocycles. The lowest BCUT2D eigenvalue weighted by Gasteiger charge is -2.04. The number of hydrogen-bond acceptors (Lipinski definition) is 3. The summed E-state index contributed by atoms with van der Waals surface area (Å²) in [5.74, 6) is 0.255. The van der Waals surface area contributed by atoms with Crippen LogP contribution in [0, 0.1) is 0 Å². The molecule has 0 atom stereocenters. The van der Waals surface area contributed by atoms with Gasteiger partial charge in [-0.2, -0.15) is 0 Å². The second kappa shape index (κ2) is 8.50. The normalized spacial score (nSPS) is 11.4. The Bertz CT molecular complexity index is 1490. The molecule has 1 heterocycles. The van der Waals surface area contributed by atoms with E-state index in [-0.39, 0.29) is 5.91 Å². The van der Waals surface area contributed by atoms with Gasteiger partial charge in [-0.25, -0.2) is 4.98 Å². The van der Waals surface area contributed by atoms with Crippen LogP contribution in [0.4, 0.5) is 5.69 Å². The number of rotatable bonds is 4. The van der Waals surface area contributed by atoms with Crippen molar-refractivity contribution in [2.24, 2.45) is 0 Å². The van der Waals surface area contributed by atoms with Crippen LogP contribution in [0.3, 0.4) is 0 Å². The number of amides is 1. The van der Waals surface area contributed by atoms with Gasteiger partial charge in [0.05, 0.1) is 0 Å². The molecule has 1 N–H and O–H groups in total. The number of nitrogens with one attached hydrogen (secondary N) is 1. The minimum absolute atomic E-state index is 0.244. The molecule has 0 bridgehead atoms. The molecule has 0 aliphatic rings. The van der Waals surface area contributed by atoms with E-state index in [0.717, 1.165) is 21.9 Å². The summed E-state index contributed by atoms with van der Waals surface area (Å²) in [6.07, 6.45) is 3.20. The number of anilines is 1. The highest BCUT2D eigenvalue weighted by Gasteiger charge is 2.13. The van der Waals surface area contributed by atoms with Crippen LogP contribution in [-0.4, -0.2) is 10.9 Å². The van der Waals surface area contributed by atoms with Crippen LogP contribution in [0.5, 0.6) is 0 Å². The number of hydrogen-bond donors (Lipinski definition) is 1. The van der Waals surface area contributed by atoms with E-state index in [1.165, 1.54) is 6.08 Å². The van der Waals surface area contributed by atoms with Gasteiger partial charge in [0.2, 0.25) is 11.8 Å². The van der Waals surface area contributed by atoms with Gasteiger partial charge in [0.15, 0.2) is 5.58 Å². The van der Waals surface area contributed by atoms with Crippen LogP contribution in [0.15, 0.2) is 89.4 Å². The molecule has 0 aliphatic heterocycles. The van der Waals surface area contributed by atoms with Gasteiger partial charge in [-0.1, -0.05) is 59.6 Å². The molecule has 5 rings (SSSR count). The molecule has 156 valence electrons. The lowest BCUT2D eigenvalue weighted by molar-refractivity contribution is -0.111. The first-order valence-electron chi connectivity index (χ1n) is 9.90. The Hall–Kier alpha value is -3.60. The van der Waals surface area contributed by atoms with Gasteiger partial charge in [-0.05, 0) is 59.5 Å². The Kier molecular flexibility index (Phi) is 5.39. The lowest BCUT2D eigenvalue weighted by Crippen LogP contribution is -2.07. The maximum Gasteiger partial charge on any atom is 0.248 e. The highest BCUT2D eigenvalue weighted by Crippen LogP contribution is 2.33. The molecule has 0 spiro atoms. The fourth-order valence-corrected chi connectivity index (χ4v) is 3.87. The Labute approximate surface area is 194 Å². The third-order valence-electron chi connectivity index (χ3n) is 5.05. The highest BCUT2D eigenvalue weighted by molar-refractivity contribution is 6.35. The largest absolute Gasteiger partial charge is 0.436 e. The number of carbonyl (C=O) groups excluding carboxylic acids is 1. The van der Waals surface area contributed by atoms with Gasteiger partial charge < -0.3 is 9.73 Å². The zero-order chi connectivity index (χ0) is 22.1. The Morgan fingerprint density at radius 2 is 1.69 bits per heavy atom. The van der Waals surface area contributed by atoms with Crippen LogP contribution in [0.2, 0.25) is 10.0 Å². The molecule has 4 aromatic carbocycles. The van der Waals surface area contributed by atoms with Crippen molar-refractivity contribution in [3.05, 3.63) is 101 Å². The SMILES string of the molecule is O=C(/C=C/c1ccc(Cl)cc1)Nc1ccc2oc(-c3cccc4c(Cl)cccc34)nc2c1. The minimum Gasteiger partial charge on any atom is -0.436 e. The number of carbonyl (C=O) groups is 1. The fourth-order valence-electron chi connectivity index (χ4n) is 3.51. The van der Waals surface area contributed by atoms with Gasteiger partial charge in [0, 0.05) is 32.8 Å². The fraction of sp³-hybridized carbons (Fsp3) is 0. The average molecular weight is 459 g/mol. The highest BCUT2D eigenvalue weighted by atomic mass is 35.5. The van der Waals surface area contributed by atoms with Crippen molar-refractivity contribution in [1.29, 1.82) is 0 Å². The van der Waals surface area contributed by atoms with Crippen LogP contribution in [0.1, 0.15) is 5.56 Å². The molecule has 32 heavy (non-hydrogen) atoms. The molecule has 0 unspecified atom stereocenters. The van der Waals surface area contributed by atoms with Crippen molar-refractivity contribution in [3.63, 3.8) is 0 Å². The quantitative estimate of drug-likeness (QED) is 0.282. The van der Waals surface area contributed by atoms with E-state index in [0.29, 0.717) is 32.7 Å². The summed E-state index contributed by atoms with van der Waals surface area (Å²) in [6.45, 7) is 0. The second-order valence-electron chi connectivity index (χ2n) is 7.22. The van der Waals surface area contributed by atoms with Crippen molar-refractivity contribution in [2.45, 2.75) is 0 Å². The predicted molar refractivity (Wildman–Crippen MR) is 131 cm³/mol. The van der Waals surface area contributed by atoms with Gasteiger partial charge in [0.25, 0.3) is 0 Å². The molecular weight excluding hydrogens is 443 g/mol. The summed E-state index contributed by atoms with van der Waals surface area (Å²) in [7, 11) is 0. The smallest absolute Gasteiger partial charge is 0.248 e. The molecule has 0 aliphatic carbocycles. The zero-order valence-electron chi connectivity index (χ0n) is 16.7. The number of fused-ring (bicyclic) bond motifs is 2.